The maximum Gasteiger partial charge on any atom is 0.312 e. The van der Waals surface area contributed by atoms with Crippen molar-refractivity contribution in [2.45, 2.75) is 6.61 Å². The smallest absolute Gasteiger partial charge is 0.309 e. The summed E-state index contributed by atoms with van der Waals surface area (Å²) in [7, 11) is 1.63. The number of hydrogen-bond acceptors (Lipinski definition) is 5. The minimum Gasteiger partial charge on any atom is -0.309 e. The molecule has 1 aromatic heterocycles. The van der Waals surface area contributed by atoms with E-state index in [1.807, 2.05) is 0 Å². The van der Waals surface area contributed by atoms with E-state index in [0.717, 1.165) is 12.0 Å². The third kappa shape index (κ3) is 2.43. The van der Waals surface area contributed by atoms with Gasteiger partial charge in [-0.05, 0) is 12.0 Å². The normalized spacial score (nSPS) is 10.3. The summed E-state index contributed by atoms with van der Waals surface area (Å²) in [6.07, 6.45) is 3.10. The molecule has 72 valence electrons. The van der Waals surface area contributed by atoms with Crippen molar-refractivity contribution in [2.75, 3.05) is 6.26 Å². The molecule has 0 bridgehead atoms. The van der Waals surface area contributed by atoms with Crippen molar-refractivity contribution in [1.29, 1.82) is 0 Å². The zero-order valence-corrected chi connectivity index (χ0v) is 8.08. The van der Waals surface area contributed by atoms with Gasteiger partial charge in [0.05, 0.1) is 4.92 Å². The summed E-state index contributed by atoms with van der Waals surface area (Å²) in [5.74, 6) is 0. The van der Waals surface area contributed by atoms with Gasteiger partial charge < -0.3 is 4.18 Å². The Labute approximate surface area is 79.2 Å². The van der Waals surface area contributed by atoms with Crippen molar-refractivity contribution in [2.24, 2.45) is 7.05 Å². The highest BCUT2D eigenvalue weighted by Gasteiger charge is 2.17. The van der Waals surface area contributed by atoms with E-state index in [0.29, 0.717) is 5.69 Å². The lowest BCUT2D eigenvalue weighted by Gasteiger charge is -1.94. The van der Waals surface area contributed by atoms with Gasteiger partial charge in [-0.1, -0.05) is 0 Å². The van der Waals surface area contributed by atoms with Gasteiger partial charge in [0.15, 0.2) is 5.69 Å². The molecule has 0 amide bonds. The molecule has 1 rings (SSSR count). The number of aromatic nitrogens is 2. The second kappa shape index (κ2) is 4.24. The largest absolute Gasteiger partial charge is 0.312 e. The van der Waals surface area contributed by atoms with Gasteiger partial charge in [-0.25, -0.2) is 0 Å². The fourth-order valence-electron chi connectivity index (χ4n) is 0.892. The van der Waals surface area contributed by atoms with Gasteiger partial charge in [0, 0.05) is 13.3 Å². The molecule has 0 saturated heterocycles. The number of rotatable bonds is 4. The fraction of sp³-hybridized carbons (Fsp3) is 0.500. The van der Waals surface area contributed by atoms with Gasteiger partial charge in [0.25, 0.3) is 0 Å². The Hall–Kier alpha value is -1.08. The van der Waals surface area contributed by atoms with E-state index in [1.54, 1.807) is 13.3 Å². The monoisotopic (exact) mass is 203 g/mol. The van der Waals surface area contributed by atoms with Crippen LogP contribution in [0.1, 0.15) is 5.69 Å². The summed E-state index contributed by atoms with van der Waals surface area (Å²) in [6, 6.07) is 0. The van der Waals surface area contributed by atoms with Crippen molar-refractivity contribution in [1.82, 2.24) is 9.78 Å². The van der Waals surface area contributed by atoms with Crippen molar-refractivity contribution in [3.8, 4) is 0 Å². The predicted molar refractivity (Wildman–Crippen MR) is 48.2 cm³/mol. The van der Waals surface area contributed by atoms with E-state index in [-0.39, 0.29) is 12.3 Å². The van der Waals surface area contributed by atoms with E-state index < -0.39 is 4.92 Å². The first-order chi connectivity index (χ1) is 6.15. The van der Waals surface area contributed by atoms with E-state index in [4.69, 9.17) is 4.18 Å². The maximum absolute atomic E-state index is 10.5. The van der Waals surface area contributed by atoms with Gasteiger partial charge >= 0.3 is 5.69 Å². The fourth-order valence-corrected chi connectivity index (χ4v) is 1.12. The molecule has 6 nitrogen and oxygen atoms in total. The van der Waals surface area contributed by atoms with Gasteiger partial charge in [0.2, 0.25) is 0 Å². The molecule has 13 heavy (non-hydrogen) atoms. The standard InChI is InChI=1S/C6H9N3O3S/c1-8-3-6(9(10)11)5(7-8)4-12-13-2/h3H,4H2,1-2H3. The number of nitrogens with zero attached hydrogens (tertiary/aromatic N) is 3. The quantitative estimate of drug-likeness (QED) is 0.416. The van der Waals surface area contributed by atoms with Crippen LogP contribution in [0.2, 0.25) is 0 Å². The van der Waals surface area contributed by atoms with Crippen LogP contribution in [0.5, 0.6) is 0 Å². The van der Waals surface area contributed by atoms with Gasteiger partial charge in [-0.3, -0.25) is 14.8 Å². The average Bonchev–Trinajstić information content (AvgIpc) is 2.43. The Morgan fingerprint density at radius 3 is 3.08 bits per heavy atom. The molecule has 0 aliphatic heterocycles. The van der Waals surface area contributed by atoms with Gasteiger partial charge in [-0.15, -0.1) is 0 Å². The Kier molecular flexibility index (Phi) is 3.26. The molecular formula is C6H9N3O3S. The first-order valence-corrected chi connectivity index (χ1v) is 4.62. The highest BCUT2D eigenvalue weighted by molar-refractivity contribution is 7.93. The summed E-state index contributed by atoms with van der Waals surface area (Å²) >= 11 is 1.15. The number of aryl methyl sites for hydroxylation is 1. The summed E-state index contributed by atoms with van der Waals surface area (Å²) in [4.78, 5) is 10.0. The van der Waals surface area contributed by atoms with Crippen LogP contribution >= 0.6 is 12.0 Å². The maximum atomic E-state index is 10.5. The van der Waals surface area contributed by atoms with E-state index in [1.165, 1.54) is 10.9 Å². The molecule has 0 aromatic carbocycles. The van der Waals surface area contributed by atoms with E-state index in [9.17, 15) is 10.1 Å². The SMILES string of the molecule is CSOCc1nn(C)cc1[N+](=O)[O-]. The summed E-state index contributed by atoms with van der Waals surface area (Å²) in [5.41, 5.74) is 0.346. The second-order valence-corrected chi connectivity index (χ2v) is 2.89. The van der Waals surface area contributed by atoms with Crippen LogP contribution in [0.3, 0.4) is 0 Å². The summed E-state index contributed by atoms with van der Waals surface area (Å²) < 4.78 is 6.36. The van der Waals surface area contributed by atoms with Crippen LogP contribution in [0.15, 0.2) is 6.20 Å². The average molecular weight is 203 g/mol. The number of nitro groups is 1. The molecule has 0 fully saturated rings. The van der Waals surface area contributed by atoms with Crippen molar-refractivity contribution in [3.63, 3.8) is 0 Å². The number of hydrogen-bond donors (Lipinski definition) is 0. The highest BCUT2D eigenvalue weighted by Crippen LogP contribution is 2.17. The van der Waals surface area contributed by atoms with Crippen molar-refractivity contribution >= 4 is 17.7 Å². The Balaban J connectivity index is 2.84. The van der Waals surface area contributed by atoms with Crippen LogP contribution in [0, 0.1) is 10.1 Å². The molecule has 1 aromatic rings. The lowest BCUT2D eigenvalue weighted by molar-refractivity contribution is -0.385. The van der Waals surface area contributed by atoms with E-state index in [2.05, 4.69) is 5.10 Å². The minimum atomic E-state index is -0.466. The van der Waals surface area contributed by atoms with Gasteiger partial charge in [-0.2, -0.15) is 5.10 Å². The second-order valence-electron chi connectivity index (χ2n) is 2.32. The molecule has 0 saturated carbocycles. The highest BCUT2D eigenvalue weighted by atomic mass is 32.2. The van der Waals surface area contributed by atoms with Crippen molar-refractivity contribution in [3.05, 3.63) is 22.0 Å². The minimum absolute atomic E-state index is 0.00319. The van der Waals surface area contributed by atoms with Gasteiger partial charge in [0.1, 0.15) is 12.8 Å². The molecule has 0 atom stereocenters. The summed E-state index contributed by atoms with van der Waals surface area (Å²) in [5, 5.41) is 14.4. The lowest BCUT2D eigenvalue weighted by Crippen LogP contribution is -1.94. The van der Waals surface area contributed by atoms with Crippen LogP contribution in [0.25, 0.3) is 0 Å². The molecule has 0 aliphatic rings. The molecule has 0 N–H and O–H groups in total. The zero-order valence-electron chi connectivity index (χ0n) is 7.26. The third-order valence-electron chi connectivity index (χ3n) is 1.39. The topological polar surface area (TPSA) is 70.2 Å². The molecule has 0 spiro atoms. The first-order valence-electron chi connectivity index (χ1n) is 3.47. The molecule has 0 radical (unpaired) electrons. The summed E-state index contributed by atoms with van der Waals surface area (Å²) in [6.45, 7) is 0.151. The molecule has 7 heteroatoms. The molecular weight excluding hydrogens is 194 g/mol. The molecule has 1 heterocycles. The molecule has 0 aliphatic carbocycles. The Morgan fingerprint density at radius 1 is 1.85 bits per heavy atom. The van der Waals surface area contributed by atoms with Crippen LogP contribution in [0.4, 0.5) is 5.69 Å². The predicted octanol–water partition coefficient (Wildman–Crippen LogP) is 1.12. The van der Waals surface area contributed by atoms with Crippen LogP contribution in [-0.2, 0) is 17.8 Å². The van der Waals surface area contributed by atoms with Crippen molar-refractivity contribution < 1.29 is 9.11 Å². The van der Waals surface area contributed by atoms with E-state index >= 15 is 0 Å². The molecule has 0 unspecified atom stereocenters. The van der Waals surface area contributed by atoms with Crippen LogP contribution in [-0.4, -0.2) is 21.0 Å². The first kappa shape index (κ1) is 10.0. The Bertz CT molecular complexity index is 312. The zero-order chi connectivity index (χ0) is 9.84. The third-order valence-corrected chi connectivity index (χ3v) is 1.75. The Morgan fingerprint density at radius 2 is 2.54 bits per heavy atom. The lowest BCUT2D eigenvalue weighted by atomic mass is 10.4. The van der Waals surface area contributed by atoms with Crippen LogP contribution < -0.4 is 0 Å².